The molecule has 0 saturated heterocycles. The minimum absolute atomic E-state index is 0.0174. The predicted octanol–water partition coefficient (Wildman–Crippen LogP) is 4.78. The fraction of sp³-hybridized carbons (Fsp3) is 0.0714. The Kier molecular flexibility index (Phi) is 7.75. The van der Waals surface area contributed by atoms with Gasteiger partial charge in [0.2, 0.25) is 19.7 Å². The molecule has 10 heteroatoms. The number of hydrogen-bond donors (Lipinski definition) is 2. The summed E-state index contributed by atoms with van der Waals surface area (Å²) >= 11 is 0. The summed E-state index contributed by atoms with van der Waals surface area (Å²) in [6, 6.07) is 22.4. The van der Waals surface area contributed by atoms with Crippen molar-refractivity contribution in [1.82, 2.24) is 0 Å². The highest BCUT2D eigenvalue weighted by Gasteiger charge is 2.25. The topological polar surface area (TPSA) is 127 Å². The molecule has 0 spiro atoms. The summed E-state index contributed by atoms with van der Waals surface area (Å²) < 4.78 is 64.6. The average molecular weight is 553 g/mol. The number of aromatic hydroxyl groups is 2. The molecular weight excluding hydrogens is 528 g/mol. The molecule has 0 aliphatic carbocycles. The van der Waals surface area contributed by atoms with E-state index >= 15 is 0 Å². The normalized spacial score (nSPS) is 12.4. The van der Waals surface area contributed by atoms with Crippen LogP contribution in [-0.4, -0.2) is 39.8 Å². The first-order valence-corrected chi connectivity index (χ1v) is 14.3. The van der Waals surface area contributed by atoms with E-state index in [1.807, 2.05) is 0 Å². The summed E-state index contributed by atoms with van der Waals surface area (Å²) in [6.45, 7) is 3.56. The molecule has 4 aromatic carbocycles. The maximum Gasteiger partial charge on any atom is 0.210 e. The van der Waals surface area contributed by atoms with E-state index in [2.05, 4.69) is 6.58 Å². The number of phenolic OH excluding ortho intramolecular Hbond substituents is 2. The Morgan fingerprint density at radius 1 is 0.658 bits per heavy atom. The van der Waals surface area contributed by atoms with Gasteiger partial charge in [-0.25, -0.2) is 16.8 Å². The van der Waals surface area contributed by atoms with Gasteiger partial charge < -0.3 is 19.7 Å². The minimum Gasteiger partial charge on any atom is -0.508 e. The number of ether oxygens (including phenoxy) is 2. The molecule has 1 unspecified atom stereocenters. The molecule has 4 aromatic rings. The monoisotopic (exact) mass is 552 g/mol. The Balaban J connectivity index is 1.57. The van der Waals surface area contributed by atoms with Gasteiger partial charge >= 0.3 is 0 Å². The fourth-order valence-corrected chi connectivity index (χ4v) is 6.34. The van der Waals surface area contributed by atoms with Crippen molar-refractivity contribution in [3.8, 4) is 23.0 Å². The van der Waals surface area contributed by atoms with Gasteiger partial charge in [0.25, 0.3) is 0 Å². The van der Waals surface area contributed by atoms with Crippen LogP contribution >= 0.6 is 0 Å². The zero-order valence-corrected chi connectivity index (χ0v) is 21.6. The van der Waals surface area contributed by atoms with Gasteiger partial charge in [-0.2, -0.15) is 0 Å². The van der Waals surface area contributed by atoms with Crippen LogP contribution in [0.2, 0.25) is 0 Å². The number of sulfone groups is 2. The van der Waals surface area contributed by atoms with Crippen molar-refractivity contribution in [1.29, 1.82) is 0 Å². The van der Waals surface area contributed by atoms with Crippen molar-refractivity contribution in [2.75, 3.05) is 6.61 Å². The number of benzene rings is 4. The summed E-state index contributed by atoms with van der Waals surface area (Å²) in [6.07, 6.45) is 0.580. The molecule has 0 aromatic heterocycles. The highest BCUT2D eigenvalue weighted by Crippen LogP contribution is 2.32. The van der Waals surface area contributed by atoms with Crippen LogP contribution < -0.4 is 9.47 Å². The lowest BCUT2D eigenvalue weighted by Gasteiger charge is -2.20. The number of rotatable bonds is 10. The van der Waals surface area contributed by atoms with Crippen molar-refractivity contribution in [2.45, 2.75) is 25.7 Å². The Hall–Kier alpha value is -4.28. The van der Waals surface area contributed by atoms with Crippen molar-refractivity contribution < 1.29 is 36.5 Å². The molecule has 0 saturated carbocycles. The van der Waals surface area contributed by atoms with E-state index in [1.54, 1.807) is 24.3 Å². The Bertz CT molecular complexity index is 1640. The highest BCUT2D eigenvalue weighted by atomic mass is 32.2. The number of para-hydroxylation sites is 2. The van der Waals surface area contributed by atoms with Crippen LogP contribution in [0.15, 0.2) is 129 Å². The predicted molar refractivity (Wildman–Crippen MR) is 140 cm³/mol. The van der Waals surface area contributed by atoms with Gasteiger partial charge in [-0.15, -0.1) is 0 Å². The Morgan fingerprint density at radius 3 is 1.55 bits per heavy atom. The third-order valence-electron chi connectivity index (χ3n) is 5.52. The fourth-order valence-electron chi connectivity index (χ4n) is 3.55. The second-order valence-electron chi connectivity index (χ2n) is 8.09. The van der Waals surface area contributed by atoms with Crippen molar-refractivity contribution in [2.24, 2.45) is 0 Å². The van der Waals surface area contributed by atoms with E-state index < -0.39 is 25.8 Å². The maximum absolute atomic E-state index is 13.2. The Morgan fingerprint density at radius 2 is 1.08 bits per heavy atom. The van der Waals surface area contributed by atoms with Crippen LogP contribution in [0.1, 0.15) is 0 Å². The highest BCUT2D eigenvalue weighted by molar-refractivity contribution is 7.92. The van der Waals surface area contributed by atoms with Crippen LogP contribution in [0.3, 0.4) is 0 Å². The summed E-state index contributed by atoms with van der Waals surface area (Å²) in [5, 5.41) is 19.0. The molecule has 0 fully saturated rings. The lowest BCUT2D eigenvalue weighted by Crippen LogP contribution is -2.23. The molecule has 0 radical (unpaired) electrons. The smallest absolute Gasteiger partial charge is 0.210 e. The lowest BCUT2D eigenvalue weighted by molar-refractivity contribution is 0.158. The van der Waals surface area contributed by atoms with E-state index in [0.717, 1.165) is 0 Å². The van der Waals surface area contributed by atoms with Crippen molar-refractivity contribution in [3.05, 3.63) is 110 Å². The zero-order valence-electron chi connectivity index (χ0n) is 20.0. The van der Waals surface area contributed by atoms with Crippen LogP contribution in [0.4, 0.5) is 0 Å². The molecule has 2 N–H and O–H groups in total. The molecule has 1 atom stereocenters. The standard InChI is InChI=1S/C28H24O8S2/c1-2-22(36-26-8-4-6-10-28(26)38(33,34)24-17-13-21(30)14-18-24)19-35-25-7-3-5-9-27(25)37(31,32)23-15-11-20(29)12-16-23/h2-18,22,29-30H,1,19H2. The van der Waals surface area contributed by atoms with E-state index in [-0.39, 0.29) is 49.2 Å². The van der Waals surface area contributed by atoms with Crippen LogP contribution in [0, 0.1) is 0 Å². The van der Waals surface area contributed by atoms with E-state index in [4.69, 9.17) is 9.47 Å². The van der Waals surface area contributed by atoms with Gasteiger partial charge in [-0.3, -0.25) is 0 Å². The molecule has 196 valence electrons. The SMILES string of the molecule is C=CC(COc1ccccc1S(=O)(=O)c1ccc(O)cc1)Oc1ccccc1S(=O)(=O)c1ccc(O)cc1. The second-order valence-corrected chi connectivity index (χ2v) is 11.9. The van der Waals surface area contributed by atoms with Gasteiger partial charge in [-0.05, 0) is 78.9 Å². The van der Waals surface area contributed by atoms with Crippen LogP contribution in [-0.2, 0) is 19.7 Å². The maximum atomic E-state index is 13.2. The van der Waals surface area contributed by atoms with Gasteiger partial charge in [0.15, 0.2) is 6.10 Å². The summed E-state index contributed by atoms with van der Waals surface area (Å²) in [5.41, 5.74) is 0. The zero-order chi connectivity index (χ0) is 27.3. The van der Waals surface area contributed by atoms with Crippen molar-refractivity contribution in [3.63, 3.8) is 0 Å². The van der Waals surface area contributed by atoms with Gasteiger partial charge in [0.1, 0.15) is 39.4 Å². The van der Waals surface area contributed by atoms with E-state index in [1.165, 1.54) is 78.9 Å². The molecule has 0 aliphatic heterocycles. The minimum atomic E-state index is -3.98. The van der Waals surface area contributed by atoms with Crippen molar-refractivity contribution >= 4 is 19.7 Å². The molecule has 38 heavy (non-hydrogen) atoms. The molecule has 8 nitrogen and oxygen atoms in total. The largest absolute Gasteiger partial charge is 0.508 e. The first-order chi connectivity index (χ1) is 18.1. The second kappa shape index (κ2) is 11.0. The average Bonchev–Trinajstić information content (AvgIpc) is 2.92. The summed E-state index contributed by atoms with van der Waals surface area (Å²) in [4.78, 5) is -0.209. The first-order valence-electron chi connectivity index (χ1n) is 11.3. The summed E-state index contributed by atoms with van der Waals surface area (Å²) in [5.74, 6) is -0.00247. The van der Waals surface area contributed by atoms with E-state index in [9.17, 15) is 27.0 Å². The van der Waals surface area contributed by atoms with Gasteiger partial charge in [0.05, 0.1) is 9.79 Å². The van der Waals surface area contributed by atoms with Crippen LogP contribution in [0.5, 0.6) is 23.0 Å². The lowest BCUT2D eigenvalue weighted by atomic mass is 10.3. The molecule has 0 aliphatic rings. The van der Waals surface area contributed by atoms with Gasteiger partial charge in [-0.1, -0.05) is 30.8 Å². The molecular formula is C28H24O8S2. The molecule has 0 bridgehead atoms. The number of phenols is 2. The summed E-state index contributed by atoms with van der Waals surface area (Å²) in [7, 11) is -7.94. The number of hydrogen-bond acceptors (Lipinski definition) is 8. The first kappa shape index (κ1) is 26.8. The third-order valence-corrected chi connectivity index (χ3v) is 9.13. The third kappa shape index (κ3) is 5.66. The molecule has 0 heterocycles. The molecule has 4 rings (SSSR count). The molecule has 0 amide bonds. The van der Waals surface area contributed by atoms with Crippen LogP contribution in [0.25, 0.3) is 0 Å². The quantitative estimate of drug-likeness (QED) is 0.269. The Labute approximate surface area is 220 Å². The van der Waals surface area contributed by atoms with E-state index in [0.29, 0.717) is 0 Å². The van der Waals surface area contributed by atoms with Gasteiger partial charge in [0, 0.05) is 0 Å².